The van der Waals surface area contributed by atoms with Gasteiger partial charge >= 0.3 is 0 Å². The number of rotatable bonds is 1. The fourth-order valence-electron chi connectivity index (χ4n) is 2.65. The van der Waals surface area contributed by atoms with Crippen molar-refractivity contribution in [1.82, 2.24) is 10.2 Å². The van der Waals surface area contributed by atoms with E-state index in [-0.39, 0.29) is 5.15 Å². The van der Waals surface area contributed by atoms with Crippen molar-refractivity contribution >= 4 is 23.1 Å². The number of nitrogens with one attached hydrogen (secondary N) is 1. The quantitative estimate of drug-likeness (QED) is 0.782. The van der Waals surface area contributed by atoms with E-state index in [1.165, 1.54) is 0 Å². The summed E-state index contributed by atoms with van der Waals surface area (Å²) in [4.78, 5) is 1.85. The smallest absolute Gasteiger partial charge is 0.172 e. The number of nitrogens with zero attached hydrogens (tertiary/aromatic N) is 3. The number of β-amino-alcohol motifs (C(OH)–C–C–N with tert-alkyl or cyclic N) is 1. The van der Waals surface area contributed by atoms with Gasteiger partial charge in [-0.1, -0.05) is 11.6 Å². The van der Waals surface area contributed by atoms with E-state index >= 15 is 0 Å². The Kier molecular flexibility index (Phi) is 2.38. The summed E-state index contributed by atoms with van der Waals surface area (Å²) < 4.78 is 13.3. The number of anilines is 2. The number of halogens is 2. The third-order valence-corrected chi connectivity index (χ3v) is 3.63. The molecule has 0 amide bonds. The van der Waals surface area contributed by atoms with Gasteiger partial charge in [0.25, 0.3) is 0 Å². The first-order chi connectivity index (χ1) is 8.14. The minimum atomic E-state index is -0.682. The molecular formula is C10H12ClFN4O. The minimum absolute atomic E-state index is 0.265. The van der Waals surface area contributed by atoms with Gasteiger partial charge in [0.1, 0.15) is 6.67 Å². The highest BCUT2D eigenvalue weighted by molar-refractivity contribution is 6.29. The van der Waals surface area contributed by atoms with Crippen LogP contribution in [0.5, 0.6) is 0 Å². The van der Waals surface area contributed by atoms with Crippen molar-refractivity contribution in [2.75, 3.05) is 30.0 Å². The third-order valence-electron chi connectivity index (χ3n) is 3.45. The largest absolute Gasteiger partial charge is 0.391 e. The van der Waals surface area contributed by atoms with Crippen LogP contribution in [0.15, 0.2) is 6.07 Å². The second-order valence-corrected chi connectivity index (χ2v) is 4.97. The Bertz CT molecular complexity index is 460. The fraction of sp³-hybridized carbons (Fsp3) is 0.600. The van der Waals surface area contributed by atoms with Crippen LogP contribution in [0, 0.1) is 0 Å². The lowest BCUT2D eigenvalue weighted by atomic mass is 9.95. The van der Waals surface area contributed by atoms with E-state index in [0.29, 0.717) is 31.0 Å². The van der Waals surface area contributed by atoms with Gasteiger partial charge in [-0.3, -0.25) is 0 Å². The van der Waals surface area contributed by atoms with Crippen LogP contribution in [0.2, 0.25) is 5.15 Å². The molecule has 2 atom stereocenters. The monoisotopic (exact) mass is 258 g/mol. The topological polar surface area (TPSA) is 61.3 Å². The highest BCUT2D eigenvalue weighted by atomic mass is 35.5. The number of aliphatic hydroxyl groups is 1. The van der Waals surface area contributed by atoms with Crippen molar-refractivity contribution in [1.29, 1.82) is 0 Å². The molecule has 0 aliphatic carbocycles. The van der Waals surface area contributed by atoms with Crippen LogP contribution in [0.25, 0.3) is 0 Å². The third kappa shape index (κ3) is 1.55. The summed E-state index contributed by atoms with van der Waals surface area (Å²) in [5.41, 5.74) is 0.0316. The predicted octanol–water partition coefficient (Wildman–Crippen LogP) is 0.835. The predicted molar refractivity (Wildman–Crippen MR) is 62.2 cm³/mol. The molecule has 2 aliphatic heterocycles. The molecule has 0 bridgehead atoms. The zero-order valence-corrected chi connectivity index (χ0v) is 9.78. The van der Waals surface area contributed by atoms with Gasteiger partial charge in [-0.05, 0) is 0 Å². The Balaban J connectivity index is 2.08. The lowest BCUT2D eigenvalue weighted by molar-refractivity contribution is 0.178. The first-order valence-corrected chi connectivity index (χ1v) is 5.81. The molecule has 1 aromatic heterocycles. The normalized spacial score (nSPS) is 30.8. The molecule has 0 saturated carbocycles. The number of hydrogen-bond donors (Lipinski definition) is 2. The molecule has 0 aromatic carbocycles. The second-order valence-electron chi connectivity index (χ2n) is 4.58. The number of hydrogen-bond acceptors (Lipinski definition) is 5. The Hall–Kier alpha value is -1.14. The van der Waals surface area contributed by atoms with Crippen LogP contribution in [-0.4, -0.2) is 46.7 Å². The van der Waals surface area contributed by atoms with Gasteiger partial charge in [0, 0.05) is 25.6 Å². The molecule has 7 heteroatoms. The Morgan fingerprint density at radius 2 is 2.47 bits per heavy atom. The van der Waals surface area contributed by atoms with Gasteiger partial charge in [-0.25, -0.2) is 4.39 Å². The molecule has 17 heavy (non-hydrogen) atoms. The summed E-state index contributed by atoms with van der Waals surface area (Å²) in [6, 6.07) is 1.65. The van der Waals surface area contributed by atoms with Gasteiger partial charge in [0.2, 0.25) is 0 Å². The Morgan fingerprint density at radius 3 is 3.24 bits per heavy atom. The summed E-state index contributed by atoms with van der Waals surface area (Å²) in [7, 11) is 0. The summed E-state index contributed by atoms with van der Waals surface area (Å²) in [6.07, 6.45) is -0.110. The molecule has 2 aliphatic rings. The van der Waals surface area contributed by atoms with E-state index in [0.717, 1.165) is 0 Å². The highest BCUT2D eigenvalue weighted by Crippen LogP contribution is 2.42. The van der Waals surface area contributed by atoms with E-state index in [9.17, 15) is 9.50 Å². The standard InChI is InChI=1S/C10H12ClFN4O/c11-8-1-7-9(15-14-8)13-5-10(4-12)2-6(17)3-16(7)10/h1,6,17H,2-5H2,(H,13,15)/t6-,10+/m1/s1. The molecule has 1 fully saturated rings. The molecule has 0 unspecified atom stereocenters. The summed E-state index contributed by atoms with van der Waals surface area (Å²) in [5, 5.41) is 20.7. The van der Waals surface area contributed by atoms with Gasteiger partial charge in [0.05, 0.1) is 17.3 Å². The lowest BCUT2D eigenvalue weighted by Gasteiger charge is -2.42. The van der Waals surface area contributed by atoms with Crippen molar-refractivity contribution in [3.8, 4) is 0 Å². The van der Waals surface area contributed by atoms with Crippen molar-refractivity contribution in [2.45, 2.75) is 18.1 Å². The maximum Gasteiger partial charge on any atom is 0.172 e. The minimum Gasteiger partial charge on any atom is -0.391 e. The van der Waals surface area contributed by atoms with Crippen LogP contribution in [0.3, 0.4) is 0 Å². The van der Waals surface area contributed by atoms with Crippen LogP contribution < -0.4 is 10.2 Å². The fourth-order valence-corrected chi connectivity index (χ4v) is 2.79. The van der Waals surface area contributed by atoms with E-state index < -0.39 is 18.3 Å². The van der Waals surface area contributed by atoms with Crippen molar-refractivity contribution in [2.24, 2.45) is 0 Å². The first-order valence-electron chi connectivity index (χ1n) is 5.43. The van der Waals surface area contributed by atoms with Gasteiger partial charge in [0.15, 0.2) is 11.0 Å². The summed E-state index contributed by atoms with van der Waals surface area (Å²) >= 11 is 5.81. The van der Waals surface area contributed by atoms with E-state index in [2.05, 4.69) is 15.5 Å². The first kappa shape index (κ1) is 11.0. The van der Waals surface area contributed by atoms with Gasteiger partial charge in [-0.2, -0.15) is 0 Å². The van der Waals surface area contributed by atoms with E-state index in [1.54, 1.807) is 6.07 Å². The summed E-state index contributed by atoms with van der Waals surface area (Å²) in [5.74, 6) is 0.590. The van der Waals surface area contributed by atoms with E-state index in [4.69, 9.17) is 11.6 Å². The molecule has 0 spiro atoms. The highest BCUT2D eigenvalue weighted by Gasteiger charge is 2.48. The molecule has 5 nitrogen and oxygen atoms in total. The Morgan fingerprint density at radius 1 is 1.65 bits per heavy atom. The molecule has 0 radical (unpaired) electrons. The number of aromatic nitrogens is 2. The average Bonchev–Trinajstić information content (AvgIpc) is 2.66. The lowest BCUT2D eigenvalue weighted by Crippen LogP contribution is -2.54. The maximum atomic E-state index is 13.3. The average molecular weight is 259 g/mol. The molecular weight excluding hydrogens is 247 g/mol. The van der Waals surface area contributed by atoms with Crippen molar-refractivity contribution in [3.63, 3.8) is 0 Å². The van der Waals surface area contributed by atoms with Crippen LogP contribution >= 0.6 is 11.6 Å². The zero-order chi connectivity index (χ0) is 12.0. The maximum absolute atomic E-state index is 13.3. The zero-order valence-electron chi connectivity index (χ0n) is 9.03. The van der Waals surface area contributed by atoms with Crippen molar-refractivity contribution in [3.05, 3.63) is 11.2 Å². The van der Waals surface area contributed by atoms with Crippen LogP contribution in [0.1, 0.15) is 6.42 Å². The number of aliphatic hydroxyl groups excluding tert-OH is 1. The van der Waals surface area contributed by atoms with Gasteiger partial charge < -0.3 is 15.3 Å². The van der Waals surface area contributed by atoms with E-state index in [1.807, 2.05) is 4.90 Å². The summed E-state index contributed by atoms with van der Waals surface area (Å²) in [6.45, 7) is 0.306. The number of fused-ring (bicyclic) bond motifs is 3. The molecule has 2 N–H and O–H groups in total. The molecule has 1 aromatic rings. The second kappa shape index (κ2) is 3.68. The molecule has 3 heterocycles. The molecule has 3 rings (SSSR count). The van der Waals surface area contributed by atoms with Crippen molar-refractivity contribution < 1.29 is 9.50 Å². The number of alkyl halides is 1. The van der Waals surface area contributed by atoms with Crippen LogP contribution in [-0.2, 0) is 0 Å². The molecule has 92 valence electrons. The van der Waals surface area contributed by atoms with Crippen LogP contribution in [0.4, 0.5) is 15.9 Å². The SMILES string of the molecule is O[C@H]1CN2c3cc(Cl)nnc3NC[C@@]2(CF)C1. The van der Waals surface area contributed by atoms with Gasteiger partial charge in [-0.15, -0.1) is 10.2 Å². The Labute approximate surface area is 103 Å². The molecule has 1 saturated heterocycles.